The van der Waals surface area contributed by atoms with Crippen LogP contribution >= 0.6 is 0 Å². The van der Waals surface area contributed by atoms with E-state index in [-0.39, 0.29) is 36.5 Å². The van der Waals surface area contributed by atoms with Crippen LogP contribution in [-0.2, 0) is 27.9 Å². The number of β-lactam (4-membered cyclic amide) rings is 1. The van der Waals surface area contributed by atoms with Gasteiger partial charge in [-0.1, -0.05) is 13.0 Å². The van der Waals surface area contributed by atoms with E-state index in [1.165, 1.54) is 4.90 Å². The van der Waals surface area contributed by atoms with Crippen LogP contribution in [0.3, 0.4) is 0 Å². The first-order valence-electron chi connectivity index (χ1n) is 12.4. The number of pyridine rings is 2. The van der Waals surface area contributed by atoms with Crippen LogP contribution in [0.5, 0.6) is 0 Å². The molecule has 2 N–H and O–H groups in total. The lowest BCUT2D eigenvalue weighted by Gasteiger charge is -2.46. The number of rotatable bonds is 8. The normalized spacial score (nSPS) is 17.9. The van der Waals surface area contributed by atoms with E-state index in [0.29, 0.717) is 18.2 Å². The predicted molar refractivity (Wildman–Crippen MR) is 139 cm³/mol. The average Bonchev–Trinajstić information content (AvgIpc) is 3.28. The largest absolute Gasteiger partial charge is 0.384 e. The van der Waals surface area contributed by atoms with E-state index in [2.05, 4.69) is 15.0 Å². The van der Waals surface area contributed by atoms with Gasteiger partial charge >= 0.3 is 0 Å². The number of carbonyl (C=O) groups is 3. The zero-order valence-electron chi connectivity index (χ0n) is 21.9. The molecule has 3 aromatic heterocycles. The van der Waals surface area contributed by atoms with Crippen LogP contribution in [0.2, 0.25) is 0 Å². The Bertz CT molecular complexity index is 1300. The number of imide groups is 1. The minimum Gasteiger partial charge on any atom is -0.384 e. The number of nitrogens with zero attached hydrogens (tertiary/aromatic N) is 6. The highest BCUT2D eigenvalue weighted by molar-refractivity contribution is 6.12. The maximum Gasteiger partial charge on any atom is 0.253 e. The van der Waals surface area contributed by atoms with Crippen LogP contribution < -0.4 is 10.6 Å². The summed E-state index contributed by atoms with van der Waals surface area (Å²) in [4.78, 5) is 55.9. The van der Waals surface area contributed by atoms with Crippen LogP contribution in [0.25, 0.3) is 0 Å². The quantitative estimate of drug-likeness (QED) is 0.468. The number of anilines is 2. The van der Waals surface area contributed by atoms with Gasteiger partial charge in [0.05, 0.1) is 5.92 Å². The van der Waals surface area contributed by atoms with E-state index >= 15 is 0 Å². The lowest BCUT2D eigenvalue weighted by atomic mass is 9.80. The molecule has 4 heterocycles. The zero-order chi connectivity index (χ0) is 26.9. The van der Waals surface area contributed by atoms with Gasteiger partial charge in [-0.3, -0.25) is 29.2 Å². The van der Waals surface area contributed by atoms with E-state index in [4.69, 9.17) is 5.73 Å². The molecule has 4 rings (SSSR count). The van der Waals surface area contributed by atoms with Crippen molar-refractivity contribution in [3.63, 3.8) is 0 Å². The summed E-state index contributed by atoms with van der Waals surface area (Å²) in [5, 5.41) is 0. The Morgan fingerprint density at radius 2 is 1.92 bits per heavy atom. The first kappa shape index (κ1) is 26.0. The summed E-state index contributed by atoms with van der Waals surface area (Å²) in [5.74, 6) is -1.13. The summed E-state index contributed by atoms with van der Waals surface area (Å²) in [5.41, 5.74) is 9.25. The van der Waals surface area contributed by atoms with Crippen molar-refractivity contribution in [3.8, 4) is 0 Å². The molecule has 37 heavy (non-hydrogen) atoms. The monoisotopic (exact) mass is 503 g/mol. The van der Waals surface area contributed by atoms with Crippen LogP contribution in [0, 0.1) is 19.8 Å². The third-order valence-corrected chi connectivity index (χ3v) is 6.97. The van der Waals surface area contributed by atoms with Crippen LogP contribution in [0.1, 0.15) is 48.2 Å². The molecule has 10 heteroatoms. The van der Waals surface area contributed by atoms with Crippen molar-refractivity contribution in [2.24, 2.45) is 13.0 Å². The summed E-state index contributed by atoms with van der Waals surface area (Å²) in [6.07, 6.45) is 6.18. The van der Waals surface area contributed by atoms with Gasteiger partial charge in [0.25, 0.3) is 5.91 Å². The topological polar surface area (TPSA) is 127 Å². The molecule has 1 fully saturated rings. The van der Waals surface area contributed by atoms with Gasteiger partial charge in [0.15, 0.2) is 0 Å². The van der Waals surface area contributed by atoms with E-state index < -0.39 is 12.0 Å². The fourth-order valence-electron chi connectivity index (χ4n) is 4.95. The van der Waals surface area contributed by atoms with Gasteiger partial charge in [0, 0.05) is 50.5 Å². The minimum atomic E-state index is -0.940. The first-order chi connectivity index (χ1) is 17.6. The Morgan fingerprint density at radius 3 is 2.51 bits per heavy atom. The lowest BCUT2D eigenvalue weighted by Crippen LogP contribution is -2.69. The van der Waals surface area contributed by atoms with Gasteiger partial charge in [0.2, 0.25) is 17.8 Å². The van der Waals surface area contributed by atoms with Crippen molar-refractivity contribution in [2.45, 2.75) is 52.0 Å². The molecule has 1 aliphatic heterocycles. The predicted octanol–water partition coefficient (Wildman–Crippen LogP) is 2.55. The van der Waals surface area contributed by atoms with Gasteiger partial charge in [-0.05, 0) is 61.9 Å². The Hall–Kier alpha value is -4.08. The highest BCUT2D eigenvalue weighted by atomic mass is 16.2. The summed E-state index contributed by atoms with van der Waals surface area (Å²) in [6, 6.07) is 6.47. The average molecular weight is 504 g/mol. The van der Waals surface area contributed by atoms with Crippen molar-refractivity contribution in [3.05, 3.63) is 65.4 Å². The maximum absolute atomic E-state index is 13.7. The number of likely N-dealkylation sites (tertiary alicyclic amines) is 1. The second kappa shape index (κ2) is 10.5. The van der Waals surface area contributed by atoms with Crippen LogP contribution in [0.15, 0.2) is 42.9 Å². The Morgan fingerprint density at radius 1 is 1.16 bits per heavy atom. The fourth-order valence-corrected chi connectivity index (χ4v) is 4.95. The number of carbonyl (C=O) groups excluding carboxylic acids is 3. The van der Waals surface area contributed by atoms with E-state index in [9.17, 15) is 14.4 Å². The van der Waals surface area contributed by atoms with Gasteiger partial charge in [0.1, 0.15) is 11.9 Å². The fraction of sp³-hybridized carbons (Fsp3) is 0.407. The highest BCUT2D eigenvalue weighted by Gasteiger charge is 2.55. The summed E-state index contributed by atoms with van der Waals surface area (Å²) >= 11 is 0. The smallest absolute Gasteiger partial charge is 0.253 e. The highest BCUT2D eigenvalue weighted by Crippen LogP contribution is 2.35. The number of hydrogen-bond acceptors (Lipinski definition) is 7. The third kappa shape index (κ3) is 5.23. The number of hydrogen-bond donors (Lipinski definition) is 1. The standard InChI is InChI=1S/C27H33N7O3/c1-6-19(20-8-7-16(2)30-15-20)14-23(35)34-24(26(37)33(5)27-29-9-10-32(27)4)21(25(34)36)12-18-11-17(3)31-22(28)13-18/h7-11,13,15,19,21,24H,6,12,14H2,1-5H3,(H2,28,31)/t19-,21+,24-/m0/s1. The van der Waals surface area contributed by atoms with Crippen LogP contribution in [-0.4, -0.2) is 55.2 Å². The molecule has 0 radical (unpaired) electrons. The number of imidazole rings is 1. The van der Waals surface area contributed by atoms with Crippen LogP contribution in [0.4, 0.5) is 11.8 Å². The molecule has 0 bridgehead atoms. The molecular weight excluding hydrogens is 470 g/mol. The molecule has 0 saturated carbocycles. The second-order valence-electron chi connectivity index (χ2n) is 9.68. The SMILES string of the molecule is CC[C@@H](CC(=O)N1C(=O)[C@H](Cc2cc(C)nc(N)c2)[C@H]1C(=O)N(C)c1nccn1C)c1ccc(C)nc1. The van der Waals surface area contributed by atoms with Crippen molar-refractivity contribution in [1.82, 2.24) is 24.4 Å². The number of aromatic nitrogens is 4. The van der Waals surface area contributed by atoms with Gasteiger partial charge in [-0.25, -0.2) is 9.97 Å². The summed E-state index contributed by atoms with van der Waals surface area (Å²) in [6.45, 7) is 5.72. The maximum atomic E-state index is 13.7. The lowest BCUT2D eigenvalue weighted by molar-refractivity contribution is -0.170. The number of likely N-dealkylation sites (N-methyl/N-ethyl adjacent to an activating group) is 1. The van der Waals surface area contributed by atoms with Crippen molar-refractivity contribution >= 4 is 29.5 Å². The molecular formula is C27H33N7O3. The van der Waals surface area contributed by atoms with Crippen molar-refractivity contribution < 1.29 is 14.4 Å². The minimum absolute atomic E-state index is 0.108. The zero-order valence-corrected chi connectivity index (χ0v) is 21.9. The molecule has 0 spiro atoms. The Balaban J connectivity index is 1.61. The summed E-state index contributed by atoms with van der Waals surface area (Å²) in [7, 11) is 3.39. The van der Waals surface area contributed by atoms with Gasteiger partial charge < -0.3 is 10.3 Å². The Kier molecular flexibility index (Phi) is 7.37. The number of nitrogen functional groups attached to an aromatic ring is 1. The van der Waals surface area contributed by atoms with Gasteiger partial charge in [-0.2, -0.15) is 0 Å². The molecule has 194 valence electrons. The number of aryl methyl sites for hydroxylation is 3. The molecule has 10 nitrogen and oxygen atoms in total. The first-order valence-corrected chi connectivity index (χ1v) is 12.4. The number of amides is 3. The molecule has 0 unspecified atom stereocenters. The number of nitrogens with two attached hydrogens (primary N) is 1. The Labute approximate surface area is 216 Å². The van der Waals surface area contributed by atoms with Gasteiger partial charge in [-0.15, -0.1) is 0 Å². The summed E-state index contributed by atoms with van der Waals surface area (Å²) < 4.78 is 1.71. The van der Waals surface area contributed by atoms with E-state index in [0.717, 1.165) is 27.4 Å². The molecule has 0 aliphatic carbocycles. The molecule has 0 aromatic carbocycles. The van der Waals surface area contributed by atoms with E-state index in [1.54, 1.807) is 43.3 Å². The molecule has 1 aliphatic rings. The third-order valence-electron chi connectivity index (χ3n) is 6.97. The molecule has 1 saturated heterocycles. The second-order valence-corrected chi connectivity index (χ2v) is 9.68. The molecule has 3 atom stereocenters. The van der Waals surface area contributed by atoms with Crippen molar-refractivity contribution in [1.29, 1.82) is 0 Å². The van der Waals surface area contributed by atoms with Crippen molar-refractivity contribution in [2.75, 3.05) is 17.7 Å². The van der Waals surface area contributed by atoms with E-state index in [1.807, 2.05) is 39.0 Å². The molecule has 3 aromatic rings. The molecule has 3 amide bonds.